The van der Waals surface area contributed by atoms with Crippen LogP contribution in [0, 0.1) is 11.3 Å². The quantitative estimate of drug-likeness (QED) is 0.465. The minimum Gasteiger partial charge on any atom is -0.379 e. The predicted octanol–water partition coefficient (Wildman–Crippen LogP) is -0.894. The lowest BCUT2D eigenvalue weighted by molar-refractivity contribution is -0.114. The minimum absolute atomic E-state index is 0.0403. The number of hydrazine groups is 1. The Hall–Kier alpha value is -1.58. The standard InChI is InChI=1S/C9H14N4O2/c1-7(8(6-10)9(11)14)12-13-2-4-15-5-3-13/h12H,2-5H2,1H3,(H2,11,14)/b8-7+. The highest BCUT2D eigenvalue weighted by Gasteiger charge is 2.13. The molecule has 0 aromatic rings. The largest absolute Gasteiger partial charge is 0.379 e. The number of hydrogen-bond acceptors (Lipinski definition) is 5. The molecule has 82 valence electrons. The maximum absolute atomic E-state index is 10.9. The van der Waals surface area contributed by atoms with Crippen molar-refractivity contribution in [2.24, 2.45) is 5.73 Å². The van der Waals surface area contributed by atoms with Crippen molar-refractivity contribution in [1.82, 2.24) is 10.4 Å². The molecule has 0 atom stereocenters. The van der Waals surface area contributed by atoms with E-state index < -0.39 is 5.91 Å². The minimum atomic E-state index is -0.712. The molecule has 0 aromatic carbocycles. The molecule has 1 aliphatic heterocycles. The van der Waals surface area contributed by atoms with Crippen molar-refractivity contribution >= 4 is 5.91 Å². The van der Waals surface area contributed by atoms with Crippen molar-refractivity contribution < 1.29 is 9.53 Å². The Labute approximate surface area is 88.3 Å². The van der Waals surface area contributed by atoms with E-state index in [1.807, 2.05) is 5.01 Å². The van der Waals surface area contributed by atoms with Crippen LogP contribution in [0.15, 0.2) is 11.3 Å². The monoisotopic (exact) mass is 210 g/mol. The van der Waals surface area contributed by atoms with Gasteiger partial charge in [0, 0.05) is 18.8 Å². The maximum Gasteiger partial charge on any atom is 0.261 e. The topological polar surface area (TPSA) is 91.4 Å². The van der Waals surface area contributed by atoms with Gasteiger partial charge in [-0.1, -0.05) is 0 Å². The summed E-state index contributed by atoms with van der Waals surface area (Å²) in [4.78, 5) is 10.9. The van der Waals surface area contributed by atoms with Crippen molar-refractivity contribution in [3.8, 4) is 6.07 Å². The van der Waals surface area contributed by atoms with Gasteiger partial charge in [-0.05, 0) is 6.92 Å². The zero-order valence-electron chi connectivity index (χ0n) is 8.62. The Balaban J connectivity index is 2.63. The zero-order chi connectivity index (χ0) is 11.3. The van der Waals surface area contributed by atoms with Crippen LogP contribution in [0.3, 0.4) is 0 Å². The molecule has 0 aliphatic carbocycles. The summed E-state index contributed by atoms with van der Waals surface area (Å²) in [6.45, 7) is 4.36. The number of nitrogens with zero attached hydrogens (tertiary/aromatic N) is 2. The number of hydrogen-bond donors (Lipinski definition) is 2. The molecule has 1 rings (SSSR count). The number of primary amides is 1. The molecule has 0 spiro atoms. The van der Waals surface area contributed by atoms with Gasteiger partial charge in [-0.3, -0.25) is 4.79 Å². The van der Waals surface area contributed by atoms with Crippen molar-refractivity contribution in [2.45, 2.75) is 6.92 Å². The molecule has 1 aliphatic rings. The van der Waals surface area contributed by atoms with E-state index in [1.165, 1.54) is 0 Å². The number of amides is 1. The summed E-state index contributed by atoms with van der Waals surface area (Å²) >= 11 is 0. The second-order valence-electron chi connectivity index (χ2n) is 3.19. The predicted molar refractivity (Wildman–Crippen MR) is 53.0 cm³/mol. The van der Waals surface area contributed by atoms with Crippen molar-refractivity contribution in [3.05, 3.63) is 11.3 Å². The number of carbonyl (C=O) groups is 1. The van der Waals surface area contributed by atoms with Gasteiger partial charge in [0.15, 0.2) is 0 Å². The molecule has 15 heavy (non-hydrogen) atoms. The number of allylic oxidation sites excluding steroid dienone is 1. The molecular formula is C9H14N4O2. The van der Waals surface area contributed by atoms with Crippen LogP contribution in [0.2, 0.25) is 0 Å². The van der Waals surface area contributed by atoms with Gasteiger partial charge in [-0.15, -0.1) is 0 Å². The van der Waals surface area contributed by atoms with E-state index in [2.05, 4.69) is 5.43 Å². The van der Waals surface area contributed by atoms with Gasteiger partial charge in [-0.2, -0.15) is 5.26 Å². The third kappa shape index (κ3) is 3.23. The first-order valence-electron chi connectivity index (χ1n) is 4.65. The fraction of sp³-hybridized carbons (Fsp3) is 0.556. The van der Waals surface area contributed by atoms with E-state index in [-0.39, 0.29) is 5.57 Å². The van der Waals surface area contributed by atoms with E-state index >= 15 is 0 Å². The number of ether oxygens (including phenoxy) is 1. The number of rotatable bonds is 3. The lowest BCUT2D eigenvalue weighted by atomic mass is 10.2. The van der Waals surface area contributed by atoms with E-state index in [4.69, 9.17) is 15.7 Å². The number of morpholine rings is 1. The highest BCUT2D eigenvalue weighted by molar-refractivity contribution is 5.96. The summed E-state index contributed by atoms with van der Waals surface area (Å²) in [5.41, 5.74) is 8.45. The van der Waals surface area contributed by atoms with Gasteiger partial charge in [0.1, 0.15) is 11.6 Å². The molecule has 1 fully saturated rings. The van der Waals surface area contributed by atoms with Crippen LogP contribution in [-0.2, 0) is 9.53 Å². The molecule has 3 N–H and O–H groups in total. The van der Waals surface area contributed by atoms with E-state index in [0.717, 1.165) is 13.1 Å². The molecule has 1 amide bonds. The number of nitrogens with one attached hydrogen (secondary N) is 1. The molecular weight excluding hydrogens is 196 g/mol. The Kier molecular flexibility index (Phi) is 4.09. The van der Waals surface area contributed by atoms with E-state index in [1.54, 1.807) is 13.0 Å². The van der Waals surface area contributed by atoms with Crippen LogP contribution >= 0.6 is 0 Å². The van der Waals surface area contributed by atoms with Gasteiger partial charge >= 0.3 is 0 Å². The van der Waals surface area contributed by atoms with Crippen molar-refractivity contribution in [2.75, 3.05) is 26.3 Å². The molecule has 6 heteroatoms. The molecule has 0 radical (unpaired) electrons. The highest BCUT2D eigenvalue weighted by atomic mass is 16.5. The smallest absolute Gasteiger partial charge is 0.261 e. The summed E-state index contributed by atoms with van der Waals surface area (Å²) in [5.74, 6) is -0.712. The number of nitriles is 1. The summed E-state index contributed by atoms with van der Waals surface area (Å²) in [7, 11) is 0. The van der Waals surface area contributed by atoms with Crippen LogP contribution < -0.4 is 11.2 Å². The highest BCUT2D eigenvalue weighted by Crippen LogP contribution is 2.01. The van der Waals surface area contributed by atoms with Crippen molar-refractivity contribution in [1.29, 1.82) is 5.26 Å². The molecule has 0 aromatic heterocycles. The second-order valence-corrected chi connectivity index (χ2v) is 3.19. The summed E-state index contributed by atoms with van der Waals surface area (Å²) in [6, 6.07) is 1.78. The average molecular weight is 210 g/mol. The van der Waals surface area contributed by atoms with Gasteiger partial charge < -0.3 is 15.9 Å². The first-order chi connectivity index (χ1) is 7.15. The molecule has 0 bridgehead atoms. The normalized spacial score (nSPS) is 18.9. The second kappa shape index (κ2) is 5.34. The molecule has 1 saturated heterocycles. The van der Waals surface area contributed by atoms with Crippen LogP contribution in [0.1, 0.15) is 6.92 Å². The van der Waals surface area contributed by atoms with Crippen LogP contribution in [0.5, 0.6) is 0 Å². The Morgan fingerprint density at radius 2 is 2.13 bits per heavy atom. The average Bonchev–Trinajstić information content (AvgIpc) is 2.19. The van der Waals surface area contributed by atoms with Gasteiger partial charge in [0.25, 0.3) is 5.91 Å². The lowest BCUT2D eigenvalue weighted by Crippen LogP contribution is -2.45. The molecule has 1 heterocycles. The van der Waals surface area contributed by atoms with E-state index in [0.29, 0.717) is 18.9 Å². The third-order valence-electron chi connectivity index (χ3n) is 2.07. The van der Waals surface area contributed by atoms with Crippen molar-refractivity contribution in [3.63, 3.8) is 0 Å². The van der Waals surface area contributed by atoms with Crippen LogP contribution in [-0.4, -0.2) is 37.2 Å². The first kappa shape index (κ1) is 11.5. The van der Waals surface area contributed by atoms with E-state index in [9.17, 15) is 4.79 Å². The first-order valence-corrected chi connectivity index (χ1v) is 4.65. The van der Waals surface area contributed by atoms with Gasteiger partial charge in [-0.25, -0.2) is 5.01 Å². The lowest BCUT2D eigenvalue weighted by Gasteiger charge is -2.28. The third-order valence-corrected chi connectivity index (χ3v) is 2.07. The number of nitrogens with two attached hydrogens (primary N) is 1. The summed E-state index contributed by atoms with van der Waals surface area (Å²) in [5, 5.41) is 10.6. The Bertz CT molecular complexity index is 313. The molecule has 0 saturated carbocycles. The molecule has 0 unspecified atom stereocenters. The Morgan fingerprint density at radius 1 is 1.53 bits per heavy atom. The molecule has 6 nitrogen and oxygen atoms in total. The summed E-state index contributed by atoms with van der Waals surface area (Å²) in [6.07, 6.45) is 0. The van der Waals surface area contributed by atoms with Crippen LogP contribution in [0.25, 0.3) is 0 Å². The SMILES string of the molecule is C/C(NN1CCOCC1)=C(/C#N)C(N)=O. The van der Waals surface area contributed by atoms with Gasteiger partial charge in [0.2, 0.25) is 0 Å². The van der Waals surface area contributed by atoms with Gasteiger partial charge in [0.05, 0.1) is 13.2 Å². The summed E-state index contributed by atoms with van der Waals surface area (Å²) < 4.78 is 5.16. The maximum atomic E-state index is 10.9. The fourth-order valence-electron chi connectivity index (χ4n) is 1.29. The Morgan fingerprint density at radius 3 is 2.60 bits per heavy atom. The zero-order valence-corrected chi connectivity index (χ0v) is 8.62. The fourth-order valence-corrected chi connectivity index (χ4v) is 1.29. The number of carbonyl (C=O) groups excluding carboxylic acids is 1. The van der Waals surface area contributed by atoms with Crippen LogP contribution in [0.4, 0.5) is 0 Å².